The van der Waals surface area contributed by atoms with E-state index in [2.05, 4.69) is 15.0 Å². The summed E-state index contributed by atoms with van der Waals surface area (Å²) < 4.78 is 46.9. The summed E-state index contributed by atoms with van der Waals surface area (Å²) in [4.78, 5) is 17.3. The molecule has 0 atom stereocenters. The molecule has 0 aromatic heterocycles. The van der Waals surface area contributed by atoms with E-state index in [0.29, 0.717) is 35.8 Å². The first-order chi connectivity index (χ1) is 16.9. The average Bonchev–Trinajstić information content (AvgIpc) is 3.12. The van der Waals surface area contributed by atoms with Gasteiger partial charge >= 0.3 is 0 Å². The summed E-state index contributed by atoms with van der Waals surface area (Å²) in [6, 6.07) is 18.6. The summed E-state index contributed by atoms with van der Waals surface area (Å²) in [6.45, 7) is 0.799. The summed E-state index contributed by atoms with van der Waals surface area (Å²) in [5.41, 5.74) is 1.52. The molecule has 3 aromatic carbocycles. The van der Waals surface area contributed by atoms with Crippen molar-refractivity contribution >= 4 is 27.5 Å². The highest BCUT2D eigenvalue weighted by atomic mass is 32.2. The summed E-state index contributed by atoms with van der Waals surface area (Å²) in [6.07, 6.45) is 3.50. The van der Waals surface area contributed by atoms with Gasteiger partial charge in [-0.2, -0.15) is 0 Å². The predicted molar refractivity (Wildman–Crippen MR) is 133 cm³/mol. The number of carbonyl (C=O) groups excluding carboxylic acids is 1. The minimum atomic E-state index is -3.75. The first-order valence-electron chi connectivity index (χ1n) is 11.3. The quantitative estimate of drug-likeness (QED) is 0.487. The molecule has 1 amide bonds. The van der Waals surface area contributed by atoms with E-state index in [1.807, 2.05) is 0 Å². The van der Waals surface area contributed by atoms with E-state index < -0.39 is 15.9 Å². The minimum Gasteiger partial charge on any atom is -0.488 e. The number of benzene rings is 3. The lowest BCUT2D eigenvalue weighted by molar-refractivity contribution is 0.102. The molecular formula is C26H26FN3O4S. The van der Waals surface area contributed by atoms with Gasteiger partial charge in [-0.05, 0) is 66.9 Å². The average molecular weight is 496 g/mol. The molecule has 0 saturated carbocycles. The van der Waals surface area contributed by atoms with Crippen molar-refractivity contribution < 1.29 is 22.3 Å². The molecule has 0 spiro atoms. The van der Waals surface area contributed by atoms with Crippen molar-refractivity contribution in [3.8, 4) is 5.75 Å². The van der Waals surface area contributed by atoms with E-state index in [1.165, 1.54) is 36.4 Å². The largest absolute Gasteiger partial charge is 0.488 e. The van der Waals surface area contributed by atoms with Crippen molar-refractivity contribution in [3.05, 3.63) is 89.7 Å². The Bertz CT molecular complexity index is 1310. The Morgan fingerprint density at radius 3 is 2.46 bits per heavy atom. The van der Waals surface area contributed by atoms with Crippen LogP contribution in [0.1, 0.15) is 41.6 Å². The molecule has 0 bridgehead atoms. The number of halogens is 1. The monoisotopic (exact) mass is 495 g/mol. The van der Waals surface area contributed by atoms with Crippen molar-refractivity contribution in [1.29, 1.82) is 0 Å². The Balaban J connectivity index is 1.41. The number of amides is 1. The van der Waals surface area contributed by atoms with E-state index in [-0.39, 0.29) is 17.3 Å². The third-order valence-corrected chi connectivity index (χ3v) is 6.89. The number of sulfonamides is 1. The molecule has 35 heavy (non-hydrogen) atoms. The third-order valence-electron chi connectivity index (χ3n) is 5.49. The van der Waals surface area contributed by atoms with Crippen LogP contribution in [0.4, 0.5) is 10.1 Å². The number of ether oxygens (including phenoxy) is 1. The Morgan fingerprint density at radius 1 is 0.943 bits per heavy atom. The third kappa shape index (κ3) is 6.66. The number of hydrogen-bond acceptors (Lipinski definition) is 5. The van der Waals surface area contributed by atoms with Crippen molar-refractivity contribution in [2.75, 3.05) is 11.9 Å². The van der Waals surface area contributed by atoms with Crippen LogP contribution in [0.15, 0.2) is 82.7 Å². The molecular weight excluding hydrogens is 469 g/mol. The number of carbonyl (C=O) groups is 1. The molecule has 1 heterocycles. The molecule has 0 radical (unpaired) electrons. The normalized spacial score (nSPS) is 13.9. The highest BCUT2D eigenvalue weighted by Crippen LogP contribution is 2.22. The number of amidine groups is 1. The van der Waals surface area contributed by atoms with Crippen LogP contribution in [0.25, 0.3) is 0 Å². The number of anilines is 1. The van der Waals surface area contributed by atoms with E-state index in [4.69, 9.17) is 4.74 Å². The van der Waals surface area contributed by atoms with Crippen LogP contribution >= 0.6 is 0 Å². The SMILES string of the molecule is O=C(Nc1ccc(S(=O)(=O)NC2=NCCCCC2)cc1)c1ccccc1OCc1ccc(F)cc1. The number of nitrogens with zero attached hydrogens (tertiary/aromatic N) is 1. The van der Waals surface area contributed by atoms with Gasteiger partial charge in [0, 0.05) is 18.7 Å². The molecule has 7 nitrogen and oxygen atoms in total. The fourth-order valence-corrected chi connectivity index (χ4v) is 4.70. The van der Waals surface area contributed by atoms with Crippen molar-refractivity contribution in [2.45, 2.75) is 37.2 Å². The van der Waals surface area contributed by atoms with Gasteiger partial charge in [0.1, 0.15) is 24.0 Å². The van der Waals surface area contributed by atoms with E-state index in [1.54, 1.807) is 36.4 Å². The fourth-order valence-electron chi connectivity index (χ4n) is 3.61. The molecule has 4 rings (SSSR count). The molecule has 182 valence electrons. The van der Waals surface area contributed by atoms with E-state index in [9.17, 15) is 17.6 Å². The lowest BCUT2D eigenvalue weighted by Crippen LogP contribution is -2.30. The maximum atomic E-state index is 13.1. The van der Waals surface area contributed by atoms with Crippen molar-refractivity contribution in [3.63, 3.8) is 0 Å². The predicted octanol–water partition coefficient (Wildman–Crippen LogP) is 4.91. The Morgan fingerprint density at radius 2 is 1.69 bits per heavy atom. The van der Waals surface area contributed by atoms with Crippen LogP contribution in [-0.4, -0.2) is 26.7 Å². The van der Waals surface area contributed by atoms with Crippen molar-refractivity contribution in [1.82, 2.24) is 4.72 Å². The van der Waals surface area contributed by atoms with E-state index in [0.717, 1.165) is 24.8 Å². The second kappa shape index (κ2) is 11.1. The number of hydrogen-bond donors (Lipinski definition) is 2. The van der Waals surface area contributed by atoms with Gasteiger partial charge in [-0.3, -0.25) is 14.5 Å². The van der Waals surface area contributed by atoms with Gasteiger partial charge in [-0.25, -0.2) is 12.8 Å². The topological polar surface area (TPSA) is 96.9 Å². The van der Waals surface area contributed by atoms with Gasteiger partial charge in [-0.1, -0.05) is 30.7 Å². The zero-order valence-electron chi connectivity index (χ0n) is 19.0. The Hall–Kier alpha value is -3.72. The number of nitrogens with one attached hydrogen (secondary N) is 2. The number of rotatable bonds is 7. The molecule has 9 heteroatoms. The fraction of sp³-hybridized carbons (Fsp3) is 0.231. The standard InChI is InChI=1S/C26H26FN3O4S/c27-20-11-9-19(10-12-20)18-34-24-7-4-3-6-23(24)26(31)29-21-13-15-22(16-14-21)35(32,33)30-25-8-2-1-5-17-28-25/h3-4,6-7,9-16H,1-2,5,8,17-18H2,(H,28,30)(H,29,31). The minimum absolute atomic E-state index is 0.0884. The van der Waals surface area contributed by atoms with Crippen LogP contribution in [-0.2, 0) is 16.6 Å². The Kier molecular flexibility index (Phi) is 7.77. The molecule has 0 aliphatic carbocycles. The summed E-state index contributed by atoms with van der Waals surface area (Å²) in [7, 11) is -3.75. The van der Waals surface area contributed by atoms with Crippen LogP contribution < -0.4 is 14.8 Å². The Labute approximate surface area is 204 Å². The molecule has 2 N–H and O–H groups in total. The maximum absolute atomic E-state index is 13.1. The first kappa shape index (κ1) is 24.4. The maximum Gasteiger partial charge on any atom is 0.262 e. The first-order valence-corrected chi connectivity index (χ1v) is 12.8. The lowest BCUT2D eigenvalue weighted by Gasteiger charge is -2.13. The van der Waals surface area contributed by atoms with Gasteiger partial charge in [0.25, 0.3) is 15.9 Å². The molecule has 0 saturated heterocycles. The zero-order chi connectivity index (χ0) is 24.7. The van der Waals surface area contributed by atoms with Gasteiger partial charge in [-0.15, -0.1) is 0 Å². The van der Waals surface area contributed by atoms with Crippen LogP contribution in [0.5, 0.6) is 5.75 Å². The lowest BCUT2D eigenvalue weighted by atomic mass is 10.1. The smallest absolute Gasteiger partial charge is 0.262 e. The van der Waals surface area contributed by atoms with Gasteiger partial charge in [0.15, 0.2) is 0 Å². The van der Waals surface area contributed by atoms with Crippen LogP contribution in [0.3, 0.4) is 0 Å². The van der Waals surface area contributed by atoms with Gasteiger partial charge in [0.2, 0.25) is 0 Å². The number of aliphatic imine (C=N–C) groups is 1. The summed E-state index contributed by atoms with van der Waals surface area (Å²) >= 11 is 0. The van der Waals surface area contributed by atoms with Crippen LogP contribution in [0.2, 0.25) is 0 Å². The second-order valence-corrected chi connectivity index (χ2v) is 9.82. The molecule has 0 unspecified atom stereocenters. The van der Waals surface area contributed by atoms with Gasteiger partial charge in [0.05, 0.1) is 10.5 Å². The highest BCUT2D eigenvalue weighted by molar-refractivity contribution is 7.90. The van der Waals surface area contributed by atoms with Crippen LogP contribution in [0, 0.1) is 5.82 Å². The highest BCUT2D eigenvalue weighted by Gasteiger charge is 2.18. The molecule has 1 aliphatic heterocycles. The number of para-hydroxylation sites is 1. The molecule has 0 fully saturated rings. The molecule has 1 aliphatic rings. The summed E-state index contributed by atoms with van der Waals surface area (Å²) in [5, 5.41) is 2.77. The second-order valence-electron chi connectivity index (χ2n) is 8.13. The van der Waals surface area contributed by atoms with Crippen molar-refractivity contribution in [2.24, 2.45) is 4.99 Å². The van der Waals surface area contributed by atoms with E-state index >= 15 is 0 Å². The zero-order valence-corrected chi connectivity index (χ0v) is 19.9. The molecule has 3 aromatic rings. The summed E-state index contributed by atoms with van der Waals surface area (Å²) in [5.74, 6) is 0.126. The van der Waals surface area contributed by atoms with Gasteiger partial charge < -0.3 is 10.1 Å².